The van der Waals surface area contributed by atoms with Gasteiger partial charge < -0.3 is 0 Å². The van der Waals surface area contributed by atoms with Gasteiger partial charge in [0.1, 0.15) is 12.4 Å². The van der Waals surface area contributed by atoms with E-state index in [1.54, 1.807) is 36.0 Å². The SMILES string of the molecule is Cc1nc(-c2cccc(Cn3cccn3)c2)n(CC(F)(F)F)n1. The zero-order valence-electron chi connectivity index (χ0n) is 12.3. The molecule has 0 aliphatic heterocycles. The van der Waals surface area contributed by atoms with Crippen LogP contribution in [-0.2, 0) is 13.1 Å². The number of hydrogen-bond acceptors (Lipinski definition) is 3. The summed E-state index contributed by atoms with van der Waals surface area (Å²) in [6.45, 7) is 0.948. The van der Waals surface area contributed by atoms with E-state index in [4.69, 9.17) is 0 Å². The molecule has 3 aromatic rings. The smallest absolute Gasteiger partial charge is 0.268 e. The number of alkyl halides is 3. The maximum atomic E-state index is 12.7. The quantitative estimate of drug-likeness (QED) is 0.742. The highest BCUT2D eigenvalue weighted by Gasteiger charge is 2.30. The van der Waals surface area contributed by atoms with Gasteiger partial charge in [-0.1, -0.05) is 18.2 Å². The number of aryl methyl sites for hydroxylation is 1. The lowest BCUT2D eigenvalue weighted by atomic mass is 10.1. The van der Waals surface area contributed by atoms with Crippen molar-refractivity contribution in [3.63, 3.8) is 0 Å². The Morgan fingerprint density at radius 2 is 2.00 bits per heavy atom. The van der Waals surface area contributed by atoms with Crippen LogP contribution in [-0.4, -0.2) is 30.7 Å². The second-order valence-electron chi connectivity index (χ2n) is 5.16. The first kappa shape index (κ1) is 15.3. The highest BCUT2D eigenvalue weighted by Crippen LogP contribution is 2.24. The molecule has 1 aromatic carbocycles. The van der Waals surface area contributed by atoms with E-state index in [9.17, 15) is 13.2 Å². The number of benzene rings is 1. The summed E-state index contributed by atoms with van der Waals surface area (Å²) in [5.41, 5.74) is 1.52. The molecule has 0 saturated heterocycles. The van der Waals surface area contributed by atoms with Crippen LogP contribution in [0.5, 0.6) is 0 Å². The van der Waals surface area contributed by atoms with Gasteiger partial charge in [0.2, 0.25) is 0 Å². The molecule has 0 unspecified atom stereocenters. The largest absolute Gasteiger partial charge is 0.408 e. The molecule has 120 valence electrons. The van der Waals surface area contributed by atoms with E-state index >= 15 is 0 Å². The third-order valence-corrected chi connectivity index (χ3v) is 3.20. The molecule has 0 bridgehead atoms. The van der Waals surface area contributed by atoms with Crippen LogP contribution in [0.3, 0.4) is 0 Å². The van der Waals surface area contributed by atoms with Crippen molar-refractivity contribution >= 4 is 0 Å². The highest BCUT2D eigenvalue weighted by molar-refractivity contribution is 5.56. The van der Waals surface area contributed by atoms with Crippen molar-refractivity contribution in [1.29, 1.82) is 0 Å². The van der Waals surface area contributed by atoms with E-state index in [2.05, 4.69) is 15.2 Å². The Balaban J connectivity index is 1.93. The first-order valence-corrected chi connectivity index (χ1v) is 6.96. The van der Waals surface area contributed by atoms with Gasteiger partial charge >= 0.3 is 6.18 Å². The molecular weight excluding hydrogens is 307 g/mol. The molecule has 5 nitrogen and oxygen atoms in total. The van der Waals surface area contributed by atoms with Crippen molar-refractivity contribution < 1.29 is 13.2 Å². The summed E-state index contributed by atoms with van der Waals surface area (Å²) in [5, 5.41) is 7.96. The van der Waals surface area contributed by atoms with E-state index in [0.717, 1.165) is 10.2 Å². The van der Waals surface area contributed by atoms with Gasteiger partial charge in [0.05, 0.1) is 6.54 Å². The standard InChI is InChI=1S/C15H14F3N5/c1-11-20-14(23(21-11)10-15(16,17)18)13-5-2-4-12(8-13)9-22-7-3-6-19-22/h2-8H,9-10H2,1H3. The normalized spacial score (nSPS) is 11.8. The van der Waals surface area contributed by atoms with E-state index in [1.165, 1.54) is 0 Å². The summed E-state index contributed by atoms with van der Waals surface area (Å²) in [5.74, 6) is 0.517. The topological polar surface area (TPSA) is 48.5 Å². The third-order valence-electron chi connectivity index (χ3n) is 3.20. The molecule has 2 heterocycles. The minimum absolute atomic E-state index is 0.210. The van der Waals surface area contributed by atoms with Crippen molar-refractivity contribution in [2.24, 2.45) is 0 Å². The minimum Gasteiger partial charge on any atom is -0.268 e. The summed E-state index contributed by atoms with van der Waals surface area (Å²) in [6, 6.07) is 9.02. The fourth-order valence-corrected chi connectivity index (χ4v) is 2.34. The number of rotatable bonds is 4. The Hall–Kier alpha value is -2.64. The van der Waals surface area contributed by atoms with Gasteiger partial charge in [-0.25, -0.2) is 9.67 Å². The zero-order chi connectivity index (χ0) is 16.4. The predicted octanol–water partition coefficient (Wildman–Crippen LogP) is 3.06. The summed E-state index contributed by atoms with van der Waals surface area (Å²) >= 11 is 0. The fraction of sp³-hybridized carbons (Fsp3) is 0.267. The Labute approximate surface area is 130 Å². The molecule has 0 amide bonds. The van der Waals surface area contributed by atoms with Gasteiger partial charge in [-0.2, -0.15) is 23.4 Å². The summed E-state index contributed by atoms with van der Waals surface area (Å²) in [4.78, 5) is 4.13. The van der Waals surface area contributed by atoms with Crippen molar-refractivity contribution in [1.82, 2.24) is 24.5 Å². The molecule has 0 spiro atoms. The lowest BCUT2D eigenvalue weighted by Gasteiger charge is -2.10. The Kier molecular flexibility index (Phi) is 3.89. The van der Waals surface area contributed by atoms with Crippen LogP contribution in [0.4, 0.5) is 13.2 Å². The number of nitrogens with zero attached hydrogens (tertiary/aromatic N) is 5. The zero-order valence-corrected chi connectivity index (χ0v) is 12.3. The van der Waals surface area contributed by atoms with Gasteiger partial charge in [-0.05, 0) is 24.6 Å². The van der Waals surface area contributed by atoms with Crippen molar-refractivity contribution in [3.8, 4) is 11.4 Å². The average Bonchev–Trinajstić information content (AvgIpc) is 3.07. The molecule has 0 atom stereocenters. The molecule has 0 saturated carbocycles. The monoisotopic (exact) mass is 321 g/mol. The van der Waals surface area contributed by atoms with Crippen molar-refractivity contribution in [2.45, 2.75) is 26.2 Å². The van der Waals surface area contributed by atoms with Crippen LogP contribution in [0.25, 0.3) is 11.4 Å². The molecule has 2 aromatic heterocycles. The average molecular weight is 321 g/mol. The molecular formula is C15H14F3N5. The maximum absolute atomic E-state index is 12.7. The lowest BCUT2D eigenvalue weighted by molar-refractivity contribution is -0.142. The number of halogens is 3. The van der Waals surface area contributed by atoms with E-state index < -0.39 is 12.7 Å². The molecule has 0 aliphatic carbocycles. The number of hydrogen-bond donors (Lipinski definition) is 0. The van der Waals surface area contributed by atoms with Gasteiger partial charge in [0.25, 0.3) is 0 Å². The Bertz CT molecular complexity index is 790. The van der Waals surface area contributed by atoms with Crippen LogP contribution in [0.15, 0.2) is 42.7 Å². The Morgan fingerprint density at radius 1 is 1.17 bits per heavy atom. The molecule has 0 radical (unpaired) electrons. The molecule has 0 aliphatic rings. The summed E-state index contributed by atoms with van der Waals surface area (Å²) in [6.07, 6.45) is -0.849. The molecule has 23 heavy (non-hydrogen) atoms. The number of aromatic nitrogens is 5. The van der Waals surface area contributed by atoms with Gasteiger partial charge in [0.15, 0.2) is 5.82 Å². The molecule has 3 rings (SSSR count). The van der Waals surface area contributed by atoms with Crippen LogP contribution in [0.1, 0.15) is 11.4 Å². The molecule has 0 N–H and O–H groups in total. The van der Waals surface area contributed by atoms with Crippen LogP contribution >= 0.6 is 0 Å². The lowest BCUT2D eigenvalue weighted by Crippen LogP contribution is -2.19. The van der Waals surface area contributed by atoms with Gasteiger partial charge in [-0.3, -0.25) is 4.68 Å². The van der Waals surface area contributed by atoms with Gasteiger partial charge in [0, 0.05) is 18.0 Å². The minimum atomic E-state index is -4.35. The first-order chi connectivity index (χ1) is 10.9. The van der Waals surface area contributed by atoms with E-state index in [1.807, 2.05) is 18.3 Å². The summed E-state index contributed by atoms with van der Waals surface area (Å²) < 4.78 is 40.7. The van der Waals surface area contributed by atoms with E-state index in [0.29, 0.717) is 17.9 Å². The van der Waals surface area contributed by atoms with Crippen LogP contribution in [0, 0.1) is 6.92 Å². The second kappa shape index (κ2) is 5.86. The fourth-order valence-electron chi connectivity index (χ4n) is 2.34. The third kappa shape index (κ3) is 3.77. The predicted molar refractivity (Wildman–Crippen MR) is 77.6 cm³/mol. The van der Waals surface area contributed by atoms with Crippen LogP contribution < -0.4 is 0 Å². The highest BCUT2D eigenvalue weighted by atomic mass is 19.4. The van der Waals surface area contributed by atoms with Crippen LogP contribution in [0.2, 0.25) is 0 Å². The first-order valence-electron chi connectivity index (χ1n) is 6.96. The molecule has 0 fully saturated rings. The maximum Gasteiger partial charge on any atom is 0.408 e. The summed E-state index contributed by atoms with van der Waals surface area (Å²) in [7, 11) is 0. The van der Waals surface area contributed by atoms with E-state index in [-0.39, 0.29) is 5.82 Å². The molecule has 8 heteroatoms. The van der Waals surface area contributed by atoms with Crippen molar-refractivity contribution in [3.05, 3.63) is 54.1 Å². The van der Waals surface area contributed by atoms with Gasteiger partial charge in [-0.15, -0.1) is 0 Å². The Morgan fingerprint density at radius 3 is 2.70 bits per heavy atom. The van der Waals surface area contributed by atoms with Crippen molar-refractivity contribution in [2.75, 3.05) is 0 Å². The second-order valence-corrected chi connectivity index (χ2v) is 5.16.